The zero-order valence-corrected chi connectivity index (χ0v) is 15.9. The van der Waals surface area contributed by atoms with Gasteiger partial charge >= 0.3 is 0 Å². The number of hydrogen-bond donors (Lipinski definition) is 1. The summed E-state index contributed by atoms with van der Waals surface area (Å²) in [5.74, 6) is 0.887. The van der Waals surface area contributed by atoms with Crippen LogP contribution in [0, 0.1) is 13.8 Å². The Labute approximate surface area is 153 Å². The predicted octanol–water partition coefficient (Wildman–Crippen LogP) is 3.77. The molecule has 1 aliphatic carbocycles. The van der Waals surface area contributed by atoms with Gasteiger partial charge in [0.2, 0.25) is 5.91 Å². The zero-order valence-electron chi connectivity index (χ0n) is 15.1. The quantitative estimate of drug-likeness (QED) is 0.820. The number of thiazole rings is 1. The van der Waals surface area contributed by atoms with Gasteiger partial charge in [0.15, 0.2) is 0 Å². The molecule has 1 amide bonds. The maximum Gasteiger partial charge on any atom is 0.223 e. The van der Waals surface area contributed by atoms with Crippen molar-refractivity contribution in [3.05, 3.63) is 44.9 Å². The summed E-state index contributed by atoms with van der Waals surface area (Å²) in [6.45, 7) is 5.13. The highest BCUT2D eigenvalue weighted by molar-refractivity contribution is 7.11. The van der Waals surface area contributed by atoms with E-state index in [2.05, 4.69) is 18.3 Å². The van der Waals surface area contributed by atoms with Crippen LogP contribution in [-0.2, 0) is 24.1 Å². The van der Waals surface area contributed by atoms with Gasteiger partial charge in [0.1, 0.15) is 5.75 Å². The number of aryl methyl sites for hydroxylation is 4. The second-order valence-corrected chi connectivity index (χ2v) is 7.82. The van der Waals surface area contributed by atoms with Crippen LogP contribution >= 0.6 is 11.3 Å². The molecule has 1 aliphatic rings. The molecule has 25 heavy (non-hydrogen) atoms. The van der Waals surface area contributed by atoms with Crippen LogP contribution in [0.3, 0.4) is 0 Å². The third-order valence-electron chi connectivity index (χ3n) is 4.47. The lowest BCUT2D eigenvalue weighted by molar-refractivity contribution is -0.121. The number of aromatic nitrogens is 1. The van der Waals surface area contributed by atoms with Gasteiger partial charge in [-0.1, -0.05) is 17.7 Å². The zero-order chi connectivity index (χ0) is 17.6. The van der Waals surface area contributed by atoms with E-state index in [9.17, 15) is 4.79 Å². The van der Waals surface area contributed by atoms with Crippen LogP contribution in [0.1, 0.15) is 46.0 Å². The first kappa shape index (κ1) is 17.9. The van der Waals surface area contributed by atoms with Gasteiger partial charge in [-0.2, -0.15) is 0 Å². The van der Waals surface area contributed by atoms with Crippen molar-refractivity contribution in [3.8, 4) is 5.75 Å². The maximum absolute atomic E-state index is 11.9. The van der Waals surface area contributed by atoms with Crippen LogP contribution in [0.5, 0.6) is 5.75 Å². The number of nitrogens with one attached hydrogen (secondary N) is 1. The van der Waals surface area contributed by atoms with Crippen molar-refractivity contribution in [3.63, 3.8) is 0 Å². The van der Waals surface area contributed by atoms with Crippen LogP contribution in [0.25, 0.3) is 0 Å². The van der Waals surface area contributed by atoms with Gasteiger partial charge in [-0.15, -0.1) is 11.3 Å². The SMILES string of the molecule is Cc1ccc(OCCC(=O)NCCc2nc3c(s2)CCCC3)c(C)c1. The van der Waals surface area contributed by atoms with Gasteiger partial charge < -0.3 is 10.1 Å². The summed E-state index contributed by atoms with van der Waals surface area (Å²) in [4.78, 5) is 18.1. The summed E-state index contributed by atoms with van der Waals surface area (Å²) in [7, 11) is 0. The van der Waals surface area contributed by atoms with E-state index < -0.39 is 0 Å². The summed E-state index contributed by atoms with van der Waals surface area (Å²) in [6.07, 6.45) is 6.03. The molecule has 0 aliphatic heterocycles. The van der Waals surface area contributed by atoms with Crippen molar-refractivity contribution in [2.24, 2.45) is 0 Å². The predicted molar refractivity (Wildman–Crippen MR) is 101 cm³/mol. The molecule has 2 aromatic rings. The molecule has 0 unspecified atom stereocenters. The van der Waals surface area contributed by atoms with Crippen LogP contribution in [0.15, 0.2) is 18.2 Å². The van der Waals surface area contributed by atoms with E-state index in [-0.39, 0.29) is 5.91 Å². The highest BCUT2D eigenvalue weighted by Gasteiger charge is 2.14. The molecule has 0 radical (unpaired) electrons. The highest BCUT2D eigenvalue weighted by atomic mass is 32.1. The Bertz CT molecular complexity index is 716. The standard InChI is InChI=1S/C20H26N2O2S/c1-14-7-8-17(15(2)13-14)24-12-10-19(23)21-11-9-20-22-16-5-3-4-6-18(16)25-20/h7-8,13H,3-6,9-12H2,1-2H3,(H,21,23). The first-order valence-corrected chi connectivity index (χ1v) is 9.87. The van der Waals surface area contributed by atoms with Gasteiger partial charge in [0.25, 0.3) is 0 Å². The number of hydrogen-bond acceptors (Lipinski definition) is 4. The fraction of sp³-hybridized carbons (Fsp3) is 0.500. The molecule has 4 nitrogen and oxygen atoms in total. The maximum atomic E-state index is 11.9. The van der Waals surface area contributed by atoms with E-state index in [4.69, 9.17) is 9.72 Å². The van der Waals surface area contributed by atoms with Gasteiger partial charge in [0, 0.05) is 17.8 Å². The van der Waals surface area contributed by atoms with E-state index in [0.29, 0.717) is 19.6 Å². The molecule has 0 fully saturated rings. The van der Waals surface area contributed by atoms with Crippen LogP contribution in [0.4, 0.5) is 0 Å². The monoisotopic (exact) mass is 358 g/mol. The summed E-state index contributed by atoms with van der Waals surface area (Å²) in [6, 6.07) is 6.08. The molecule has 1 aromatic carbocycles. The Kier molecular flexibility index (Phi) is 6.08. The second kappa shape index (κ2) is 8.48. The lowest BCUT2D eigenvalue weighted by Gasteiger charge is -2.09. The largest absolute Gasteiger partial charge is 0.493 e. The van der Waals surface area contributed by atoms with E-state index in [1.54, 1.807) is 0 Å². The molecule has 0 saturated carbocycles. The van der Waals surface area contributed by atoms with Gasteiger partial charge in [-0.25, -0.2) is 4.98 Å². The Morgan fingerprint density at radius 3 is 2.92 bits per heavy atom. The average molecular weight is 359 g/mol. The van der Waals surface area contributed by atoms with Crippen LogP contribution < -0.4 is 10.1 Å². The third-order valence-corrected chi connectivity index (χ3v) is 5.69. The van der Waals surface area contributed by atoms with Crippen LogP contribution in [0.2, 0.25) is 0 Å². The number of rotatable bonds is 7. The molecule has 3 rings (SSSR count). The average Bonchev–Trinajstić information content (AvgIpc) is 2.99. The Morgan fingerprint density at radius 2 is 2.12 bits per heavy atom. The number of benzene rings is 1. The molecule has 134 valence electrons. The minimum Gasteiger partial charge on any atom is -0.493 e. The number of carbonyl (C=O) groups is 1. The Hall–Kier alpha value is -1.88. The topological polar surface area (TPSA) is 51.2 Å². The first-order valence-electron chi connectivity index (χ1n) is 9.06. The number of nitrogens with zero attached hydrogens (tertiary/aromatic N) is 1. The molecular formula is C20H26N2O2S. The second-order valence-electron chi connectivity index (χ2n) is 6.65. The van der Waals surface area contributed by atoms with Crippen molar-refractivity contribution in [1.82, 2.24) is 10.3 Å². The number of amides is 1. The van der Waals surface area contributed by atoms with Gasteiger partial charge in [-0.05, 0) is 51.2 Å². The first-order chi connectivity index (χ1) is 12.1. The summed E-state index contributed by atoms with van der Waals surface area (Å²) in [5, 5.41) is 4.12. The molecule has 0 atom stereocenters. The minimum atomic E-state index is 0.0334. The smallest absolute Gasteiger partial charge is 0.223 e. The third kappa shape index (κ3) is 5.05. The highest BCUT2D eigenvalue weighted by Crippen LogP contribution is 2.26. The van der Waals surface area contributed by atoms with Crippen LogP contribution in [-0.4, -0.2) is 24.0 Å². The molecule has 0 saturated heterocycles. The van der Waals surface area contributed by atoms with E-state index >= 15 is 0 Å². The molecule has 5 heteroatoms. The number of fused-ring (bicyclic) bond motifs is 1. The molecule has 0 bridgehead atoms. The molecular weight excluding hydrogens is 332 g/mol. The molecule has 1 aromatic heterocycles. The van der Waals surface area contributed by atoms with E-state index in [1.807, 2.05) is 30.4 Å². The van der Waals surface area contributed by atoms with Crippen molar-refractivity contribution in [2.75, 3.05) is 13.2 Å². The van der Waals surface area contributed by atoms with Gasteiger partial charge in [-0.3, -0.25) is 4.79 Å². The minimum absolute atomic E-state index is 0.0334. The normalized spacial score (nSPS) is 13.4. The molecule has 0 spiro atoms. The number of carbonyl (C=O) groups excluding carboxylic acids is 1. The molecule has 1 heterocycles. The van der Waals surface area contributed by atoms with E-state index in [1.165, 1.54) is 35.4 Å². The number of ether oxygens (including phenoxy) is 1. The lowest BCUT2D eigenvalue weighted by atomic mass is 10.0. The fourth-order valence-electron chi connectivity index (χ4n) is 3.12. The van der Waals surface area contributed by atoms with Crippen molar-refractivity contribution in [2.45, 2.75) is 52.4 Å². The summed E-state index contributed by atoms with van der Waals surface area (Å²) >= 11 is 1.82. The van der Waals surface area contributed by atoms with E-state index in [0.717, 1.165) is 29.2 Å². The van der Waals surface area contributed by atoms with Crippen molar-refractivity contribution in [1.29, 1.82) is 0 Å². The van der Waals surface area contributed by atoms with Gasteiger partial charge in [0.05, 0.1) is 23.7 Å². The lowest BCUT2D eigenvalue weighted by Crippen LogP contribution is -2.27. The summed E-state index contributed by atoms with van der Waals surface area (Å²) < 4.78 is 5.71. The fourth-order valence-corrected chi connectivity index (χ4v) is 4.28. The van der Waals surface area contributed by atoms with Crippen molar-refractivity contribution >= 4 is 17.2 Å². The Balaban J connectivity index is 1.36. The summed E-state index contributed by atoms with van der Waals surface area (Å²) in [5.41, 5.74) is 3.61. The van der Waals surface area contributed by atoms with Crippen molar-refractivity contribution < 1.29 is 9.53 Å². The Morgan fingerprint density at radius 1 is 1.28 bits per heavy atom. The molecule has 1 N–H and O–H groups in total.